The molecule has 2 amide bonds. The number of nitrogens with zero attached hydrogens (tertiary/aromatic N) is 3. The van der Waals surface area contributed by atoms with Crippen LogP contribution in [0.25, 0.3) is 0 Å². The molecule has 2 aliphatic rings. The second kappa shape index (κ2) is 12.0. The number of carbonyl (C=O) groups is 4. The number of β-lactam (4-membered cyclic amide) rings is 1. The SMILES string of the molecule is CCOC(=O)OC(C)OC(=O)C1=C(COC)CS[C@@H]2[C@H](NC(=O)/C(=N/OC)c3csc(N)n3)C(=O)N12. The van der Waals surface area contributed by atoms with Crippen LogP contribution in [0, 0.1) is 0 Å². The first-order chi connectivity index (χ1) is 17.2. The normalized spacial score (nSPS) is 20.2. The van der Waals surface area contributed by atoms with Crippen LogP contribution in [0.2, 0.25) is 0 Å². The molecular weight excluding hydrogens is 518 g/mol. The van der Waals surface area contributed by atoms with Crippen molar-refractivity contribution in [1.29, 1.82) is 0 Å². The van der Waals surface area contributed by atoms with Gasteiger partial charge in [0.25, 0.3) is 11.8 Å². The van der Waals surface area contributed by atoms with E-state index in [4.69, 9.17) is 24.8 Å². The topological polar surface area (TPSA) is 181 Å². The van der Waals surface area contributed by atoms with Gasteiger partial charge >= 0.3 is 12.1 Å². The lowest BCUT2D eigenvalue weighted by atomic mass is 10.0. The van der Waals surface area contributed by atoms with Crippen LogP contribution in [0.3, 0.4) is 0 Å². The number of nitrogens with one attached hydrogen (secondary N) is 1. The zero-order chi connectivity index (χ0) is 26.4. The summed E-state index contributed by atoms with van der Waals surface area (Å²) < 4.78 is 19.9. The molecule has 1 aromatic rings. The number of esters is 1. The number of amides is 2. The summed E-state index contributed by atoms with van der Waals surface area (Å²) in [5, 5.41) is 7.48. The number of ether oxygens (including phenoxy) is 4. The van der Waals surface area contributed by atoms with Crippen molar-refractivity contribution in [2.75, 3.05) is 38.9 Å². The van der Waals surface area contributed by atoms with E-state index in [-0.39, 0.29) is 35.4 Å². The molecule has 1 fully saturated rings. The summed E-state index contributed by atoms with van der Waals surface area (Å²) >= 11 is 2.45. The number of hydrogen-bond acceptors (Lipinski definition) is 14. The van der Waals surface area contributed by atoms with Gasteiger partial charge in [0.15, 0.2) is 10.8 Å². The average molecular weight is 544 g/mol. The fourth-order valence-corrected chi connectivity index (χ4v) is 5.25. The Labute approximate surface area is 214 Å². The van der Waals surface area contributed by atoms with Crippen LogP contribution < -0.4 is 11.1 Å². The molecular formula is C20H25N5O9S2. The van der Waals surface area contributed by atoms with Crippen molar-refractivity contribution < 1.29 is 43.0 Å². The monoisotopic (exact) mass is 543 g/mol. The predicted octanol–water partition coefficient (Wildman–Crippen LogP) is 0.439. The lowest BCUT2D eigenvalue weighted by molar-refractivity contribution is -0.169. The van der Waals surface area contributed by atoms with E-state index in [0.717, 1.165) is 11.3 Å². The number of methoxy groups -OCH3 is 1. The number of rotatable bonds is 10. The van der Waals surface area contributed by atoms with Crippen LogP contribution in [0.15, 0.2) is 21.8 Å². The number of hydrogen-bond donors (Lipinski definition) is 2. The third kappa shape index (κ3) is 5.88. The van der Waals surface area contributed by atoms with E-state index in [9.17, 15) is 19.2 Å². The number of thioether (sulfide) groups is 1. The van der Waals surface area contributed by atoms with Crippen LogP contribution in [0.4, 0.5) is 9.93 Å². The van der Waals surface area contributed by atoms with Crippen LogP contribution in [-0.2, 0) is 38.2 Å². The molecule has 1 unspecified atom stereocenters. The Kier molecular flexibility index (Phi) is 9.11. The fourth-order valence-electron chi connectivity index (χ4n) is 3.38. The maximum Gasteiger partial charge on any atom is 0.511 e. The Bertz CT molecular complexity index is 1090. The first kappa shape index (κ1) is 27.2. The maximum absolute atomic E-state index is 13.1. The zero-order valence-electron chi connectivity index (χ0n) is 19.8. The molecule has 0 aromatic carbocycles. The number of anilines is 1. The van der Waals surface area contributed by atoms with E-state index >= 15 is 0 Å². The molecule has 2 aliphatic heterocycles. The highest BCUT2D eigenvalue weighted by molar-refractivity contribution is 8.00. The molecule has 0 saturated carbocycles. The van der Waals surface area contributed by atoms with Gasteiger partial charge in [-0.3, -0.25) is 14.5 Å². The van der Waals surface area contributed by atoms with Crippen LogP contribution in [-0.4, -0.2) is 90.4 Å². The van der Waals surface area contributed by atoms with E-state index < -0.39 is 41.6 Å². The highest BCUT2D eigenvalue weighted by Crippen LogP contribution is 2.41. The minimum Gasteiger partial charge on any atom is -0.435 e. The van der Waals surface area contributed by atoms with Gasteiger partial charge in [0.2, 0.25) is 6.29 Å². The molecule has 0 bridgehead atoms. The number of nitrogen functional groups attached to an aromatic ring is 1. The number of fused-ring (bicyclic) bond motifs is 1. The van der Waals surface area contributed by atoms with Crippen molar-refractivity contribution in [2.24, 2.45) is 5.16 Å². The van der Waals surface area contributed by atoms with Gasteiger partial charge in [0, 0.05) is 25.2 Å². The molecule has 14 nitrogen and oxygen atoms in total. The second-order valence-electron chi connectivity index (χ2n) is 7.21. The van der Waals surface area contributed by atoms with E-state index in [2.05, 4.69) is 20.2 Å². The summed E-state index contributed by atoms with van der Waals surface area (Å²) in [6.45, 7) is 3.08. The number of thiazole rings is 1. The number of oxime groups is 1. The third-order valence-corrected chi connectivity index (χ3v) is 6.82. The zero-order valence-corrected chi connectivity index (χ0v) is 21.5. The Hall–Kier alpha value is -3.37. The third-order valence-electron chi connectivity index (χ3n) is 4.81. The molecule has 3 N–H and O–H groups in total. The van der Waals surface area contributed by atoms with E-state index in [1.165, 1.54) is 43.2 Å². The molecule has 0 aliphatic carbocycles. The molecule has 3 atom stereocenters. The second-order valence-corrected chi connectivity index (χ2v) is 9.21. The largest absolute Gasteiger partial charge is 0.511 e. The Balaban J connectivity index is 1.75. The van der Waals surface area contributed by atoms with Crippen LogP contribution >= 0.6 is 23.1 Å². The molecule has 1 saturated heterocycles. The van der Waals surface area contributed by atoms with Crippen LogP contribution in [0.5, 0.6) is 0 Å². The minimum absolute atomic E-state index is 0.0338. The first-order valence-electron chi connectivity index (χ1n) is 10.5. The lowest BCUT2D eigenvalue weighted by Crippen LogP contribution is -2.71. The van der Waals surface area contributed by atoms with Crippen molar-refractivity contribution in [3.8, 4) is 0 Å². The highest BCUT2D eigenvalue weighted by Gasteiger charge is 2.55. The molecule has 36 heavy (non-hydrogen) atoms. The first-order valence-corrected chi connectivity index (χ1v) is 12.5. The molecule has 3 rings (SSSR count). The van der Waals surface area contributed by atoms with Gasteiger partial charge in [-0.1, -0.05) is 5.16 Å². The van der Waals surface area contributed by atoms with E-state index in [1.54, 1.807) is 6.92 Å². The molecule has 0 spiro atoms. The predicted molar refractivity (Wildman–Crippen MR) is 128 cm³/mol. The van der Waals surface area contributed by atoms with Crippen molar-refractivity contribution in [2.45, 2.75) is 31.6 Å². The minimum atomic E-state index is -1.27. The summed E-state index contributed by atoms with van der Waals surface area (Å²) in [5.41, 5.74) is 6.15. The summed E-state index contributed by atoms with van der Waals surface area (Å²) in [4.78, 5) is 60.4. The number of carbonyl (C=O) groups excluding carboxylic acids is 4. The summed E-state index contributed by atoms with van der Waals surface area (Å²) in [6.07, 6.45) is -2.27. The van der Waals surface area contributed by atoms with Crippen molar-refractivity contribution in [3.63, 3.8) is 0 Å². The molecule has 0 radical (unpaired) electrons. The van der Waals surface area contributed by atoms with Gasteiger partial charge in [-0.2, -0.15) is 0 Å². The summed E-state index contributed by atoms with van der Waals surface area (Å²) in [6, 6.07) is -0.958. The van der Waals surface area contributed by atoms with E-state index in [1.807, 2.05) is 0 Å². The van der Waals surface area contributed by atoms with Gasteiger partial charge in [-0.05, 0) is 12.5 Å². The lowest BCUT2D eigenvalue weighted by Gasteiger charge is -2.49. The molecule has 1 aromatic heterocycles. The van der Waals surface area contributed by atoms with Gasteiger partial charge in [-0.25, -0.2) is 14.6 Å². The van der Waals surface area contributed by atoms with Crippen molar-refractivity contribution in [1.82, 2.24) is 15.2 Å². The molecule has 16 heteroatoms. The fraction of sp³-hybridized carbons (Fsp3) is 0.500. The van der Waals surface area contributed by atoms with Gasteiger partial charge in [0.05, 0.1) is 13.2 Å². The standard InChI is InChI=1S/C20H25N5O9S2/c1-5-32-20(29)34-9(2)33-18(28)14-10(6-30-3)7-35-17-13(16(27)25(14)17)23-15(26)12(24-31-4)11-8-36-19(21)22-11/h8-9,13,17H,5-7H2,1-4H3,(H2,21,22)(H,23,26)/b24-12+/t9?,13-,17-/m1/s1. The smallest absolute Gasteiger partial charge is 0.435 e. The Morgan fingerprint density at radius 1 is 1.33 bits per heavy atom. The number of aromatic nitrogens is 1. The van der Waals surface area contributed by atoms with Gasteiger partial charge < -0.3 is 34.8 Å². The molecule has 196 valence electrons. The van der Waals surface area contributed by atoms with Crippen molar-refractivity contribution in [3.05, 3.63) is 22.3 Å². The number of nitrogens with two attached hydrogens (primary N) is 1. The van der Waals surface area contributed by atoms with Crippen LogP contribution in [0.1, 0.15) is 19.5 Å². The maximum atomic E-state index is 13.1. The van der Waals surface area contributed by atoms with Crippen molar-refractivity contribution >= 4 is 57.9 Å². The summed E-state index contributed by atoms with van der Waals surface area (Å²) in [5.74, 6) is -1.81. The highest BCUT2D eigenvalue weighted by atomic mass is 32.2. The van der Waals surface area contributed by atoms with Gasteiger partial charge in [0.1, 0.15) is 29.9 Å². The Morgan fingerprint density at radius 3 is 2.69 bits per heavy atom. The quantitative estimate of drug-likeness (QED) is 0.137. The van der Waals surface area contributed by atoms with E-state index in [0.29, 0.717) is 11.3 Å². The summed E-state index contributed by atoms with van der Waals surface area (Å²) in [7, 11) is 2.71. The molecule has 3 heterocycles. The Morgan fingerprint density at radius 2 is 2.08 bits per heavy atom. The van der Waals surface area contributed by atoms with Gasteiger partial charge in [-0.15, -0.1) is 23.1 Å². The average Bonchev–Trinajstić information content (AvgIpc) is 3.26.